The van der Waals surface area contributed by atoms with Gasteiger partial charge in [0.05, 0.1) is 0 Å². The number of benzene rings is 1. The molecule has 0 atom stereocenters. The second-order valence-corrected chi connectivity index (χ2v) is 6.11. The summed E-state index contributed by atoms with van der Waals surface area (Å²) in [5.41, 5.74) is 11.2. The van der Waals surface area contributed by atoms with Gasteiger partial charge in [-0.1, -0.05) is 17.7 Å². The summed E-state index contributed by atoms with van der Waals surface area (Å²) in [5.74, 6) is -0.962. The third kappa shape index (κ3) is 2.24. The fraction of sp³-hybridized carbons (Fsp3) is 0.267. The number of aromatic carboxylic acids is 1. The Morgan fingerprint density at radius 3 is 2.11 bits per heavy atom. The predicted octanol–water partition coefficient (Wildman–Crippen LogP) is 3.93. The smallest absolute Gasteiger partial charge is 0.339 e. The Hall–Kier alpha value is -1.81. The van der Waals surface area contributed by atoms with E-state index in [0.717, 1.165) is 27.1 Å². The zero-order valence-electron chi connectivity index (χ0n) is 11.5. The van der Waals surface area contributed by atoms with Crippen LogP contribution in [0.25, 0.3) is 11.1 Å². The van der Waals surface area contributed by atoms with Crippen molar-refractivity contribution in [1.82, 2.24) is 0 Å². The average molecular weight is 275 g/mol. The van der Waals surface area contributed by atoms with E-state index < -0.39 is 5.97 Å². The van der Waals surface area contributed by atoms with Gasteiger partial charge in [-0.15, -0.1) is 11.3 Å². The molecule has 3 N–H and O–H groups in total. The largest absolute Gasteiger partial charge is 0.478 e. The second kappa shape index (κ2) is 4.70. The topological polar surface area (TPSA) is 63.3 Å². The molecule has 0 spiro atoms. The van der Waals surface area contributed by atoms with Gasteiger partial charge in [0.2, 0.25) is 0 Å². The predicted molar refractivity (Wildman–Crippen MR) is 80.1 cm³/mol. The Balaban J connectivity index is 2.83. The number of hydrogen-bond acceptors (Lipinski definition) is 3. The Bertz CT molecular complexity index is 648. The maximum Gasteiger partial charge on any atom is 0.339 e. The first kappa shape index (κ1) is 13.6. The molecule has 0 unspecified atom stereocenters. The maximum atomic E-state index is 11.4. The normalized spacial score (nSPS) is 10.7. The zero-order valence-corrected chi connectivity index (χ0v) is 12.3. The van der Waals surface area contributed by atoms with Crippen LogP contribution in [0.1, 0.15) is 31.9 Å². The number of carbonyl (C=O) groups is 1. The van der Waals surface area contributed by atoms with Crippen LogP contribution in [0.15, 0.2) is 12.1 Å². The van der Waals surface area contributed by atoms with Crippen molar-refractivity contribution in [3.8, 4) is 11.1 Å². The highest BCUT2D eigenvalue weighted by Gasteiger charge is 2.23. The van der Waals surface area contributed by atoms with Crippen molar-refractivity contribution in [2.24, 2.45) is 0 Å². The maximum absolute atomic E-state index is 11.4. The molecule has 0 aliphatic heterocycles. The fourth-order valence-corrected chi connectivity index (χ4v) is 3.58. The van der Waals surface area contributed by atoms with E-state index >= 15 is 0 Å². The van der Waals surface area contributed by atoms with E-state index in [4.69, 9.17) is 5.73 Å². The van der Waals surface area contributed by atoms with Crippen LogP contribution in [0.4, 0.5) is 5.00 Å². The highest BCUT2D eigenvalue weighted by molar-refractivity contribution is 7.16. The van der Waals surface area contributed by atoms with Gasteiger partial charge in [-0.3, -0.25) is 0 Å². The first-order valence-corrected chi connectivity index (χ1v) is 6.85. The summed E-state index contributed by atoms with van der Waals surface area (Å²) in [6, 6.07) is 4.14. The summed E-state index contributed by atoms with van der Waals surface area (Å²) in [6.45, 7) is 7.97. The molecule has 19 heavy (non-hydrogen) atoms. The molecule has 0 saturated carbocycles. The molecule has 2 rings (SSSR count). The summed E-state index contributed by atoms with van der Waals surface area (Å²) >= 11 is 1.34. The molecule has 3 nitrogen and oxygen atoms in total. The zero-order chi connectivity index (χ0) is 14.3. The number of thiophene rings is 1. The van der Waals surface area contributed by atoms with Crippen LogP contribution in [-0.2, 0) is 0 Å². The minimum absolute atomic E-state index is 0.234. The lowest BCUT2D eigenvalue weighted by molar-refractivity contribution is 0.0699. The first-order chi connectivity index (χ1) is 8.82. The quantitative estimate of drug-likeness (QED) is 0.872. The molecule has 0 fully saturated rings. The minimum Gasteiger partial charge on any atom is -0.478 e. The van der Waals surface area contributed by atoms with Crippen molar-refractivity contribution in [2.75, 3.05) is 5.73 Å². The second-order valence-electron chi connectivity index (χ2n) is 4.85. The van der Waals surface area contributed by atoms with Gasteiger partial charge >= 0.3 is 5.97 Å². The van der Waals surface area contributed by atoms with Crippen LogP contribution in [-0.4, -0.2) is 11.1 Å². The molecule has 1 aromatic carbocycles. The lowest BCUT2D eigenvalue weighted by atomic mass is 9.91. The summed E-state index contributed by atoms with van der Waals surface area (Å²) in [5, 5.41) is 9.76. The third-order valence-corrected chi connectivity index (χ3v) is 4.19. The number of aryl methyl sites for hydroxylation is 4. The molecule has 0 aliphatic rings. The van der Waals surface area contributed by atoms with Crippen molar-refractivity contribution < 1.29 is 9.90 Å². The van der Waals surface area contributed by atoms with Gasteiger partial charge in [-0.25, -0.2) is 4.79 Å². The molecule has 4 heteroatoms. The van der Waals surface area contributed by atoms with Gasteiger partial charge in [0.1, 0.15) is 10.6 Å². The number of anilines is 1. The highest BCUT2D eigenvalue weighted by atomic mass is 32.1. The van der Waals surface area contributed by atoms with E-state index in [-0.39, 0.29) is 5.56 Å². The van der Waals surface area contributed by atoms with E-state index in [2.05, 4.69) is 12.1 Å². The molecule has 0 radical (unpaired) electrons. The Labute approximate surface area is 116 Å². The third-order valence-electron chi connectivity index (χ3n) is 3.25. The summed E-state index contributed by atoms with van der Waals surface area (Å²) in [7, 11) is 0. The summed E-state index contributed by atoms with van der Waals surface area (Å²) in [4.78, 5) is 12.4. The van der Waals surface area contributed by atoms with Gasteiger partial charge < -0.3 is 10.8 Å². The van der Waals surface area contributed by atoms with Gasteiger partial charge in [-0.2, -0.15) is 0 Å². The van der Waals surface area contributed by atoms with Crippen LogP contribution in [0.2, 0.25) is 0 Å². The van der Waals surface area contributed by atoms with Crippen molar-refractivity contribution >= 4 is 22.3 Å². The van der Waals surface area contributed by atoms with Gasteiger partial charge in [0.25, 0.3) is 0 Å². The number of hydrogen-bond donors (Lipinski definition) is 2. The van der Waals surface area contributed by atoms with Gasteiger partial charge in [0, 0.05) is 10.4 Å². The van der Waals surface area contributed by atoms with E-state index in [0.29, 0.717) is 5.00 Å². The molecule has 0 amide bonds. The minimum atomic E-state index is -0.962. The van der Waals surface area contributed by atoms with Crippen LogP contribution >= 0.6 is 11.3 Å². The van der Waals surface area contributed by atoms with Crippen molar-refractivity contribution in [3.63, 3.8) is 0 Å². The molecule has 0 bridgehead atoms. The van der Waals surface area contributed by atoms with Crippen LogP contribution in [0, 0.1) is 27.7 Å². The molecular formula is C15H17NO2S. The molecule has 100 valence electrons. The highest BCUT2D eigenvalue weighted by Crippen LogP contribution is 2.41. The van der Waals surface area contributed by atoms with Crippen molar-refractivity contribution in [2.45, 2.75) is 27.7 Å². The van der Waals surface area contributed by atoms with Gasteiger partial charge in [0.15, 0.2) is 0 Å². The van der Waals surface area contributed by atoms with Crippen molar-refractivity contribution in [3.05, 3.63) is 39.3 Å². The summed E-state index contributed by atoms with van der Waals surface area (Å²) in [6.07, 6.45) is 0. The molecule has 1 heterocycles. The Kier molecular flexibility index (Phi) is 3.37. The fourth-order valence-electron chi connectivity index (χ4n) is 2.65. The Morgan fingerprint density at radius 2 is 1.63 bits per heavy atom. The summed E-state index contributed by atoms with van der Waals surface area (Å²) < 4.78 is 0. The van der Waals surface area contributed by atoms with Crippen LogP contribution < -0.4 is 5.73 Å². The van der Waals surface area contributed by atoms with E-state index in [1.165, 1.54) is 16.9 Å². The average Bonchev–Trinajstić information content (AvgIpc) is 2.52. The lowest BCUT2D eigenvalue weighted by Crippen LogP contribution is -2.02. The SMILES string of the molecule is Cc1cc(C)c(-c2c(C)sc(N)c2C(=O)O)c(C)c1. The number of carboxylic acids is 1. The van der Waals surface area contributed by atoms with Crippen molar-refractivity contribution in [1.29, 1.82) is 0 Å². The van der Waals surface area contributed by atoms with Crippen LogP contribution in [0.5, 0.6) is 0 Å². The molecule has 1 aromatic heterocycles. The number of nitrogen functional groups attached to an aromatic ring is 1. The van der Waals surface area contributed by atoms with Gasteiger partial charge in [-0.05, 0) is 44.4 Å². The molecule has 0 saturated heterocycles. The molecule has 2 aromatic rings. The standard InChI is InChI=1S/C15H17NO2S/c1-7-5-8(2)11(9(3)6-7)12-10(4)19-14(16)13(12)15(17)18/h5-6H,16H2,1-4H3,(H,17,18). The lowest BCUT2D eigenvalue weighted by Gasteiger charge is -2.12. The Morgan fingerprint density at radius 1 is 1.11 bits per heavy atom. The van der Waals surface area contributed by atoms with E-state index in [9.17, 15) is 9.90 Å². The van der Waals surface area contributed by atoms with E-state index in [1.807, 2.05) is 27.7 Å². The van der Waals surface area contributed by atoms with E-state index in [1.54, 1.807) is 0 Å². The number of nitrogens with two attached hydrogens (primary N) is 1. The first-order valence-electron chi connectivity index (χ1n) is 6.03. The monoisotopic (exact) mass is 275 g/mol. The van der Waals surface area contributed by atoms with Crippen LogP contribution in [0.3, 0.4) is 0 Å². The number of rotatable bonds is 2. The molecular weight excluding hydrogens is 258 g/mol. The molecule has 0 aliphatic carbocycles. The number of carboxylic acid groups (broad SMARTS) is 1.